The summed E-state index contributed by atoms with van der Waals surface area (Å²) >= 11 is 0. The standard InChI is InChI=1S/C8H5ClFNO2S/c9-14(12,13)7-1-2-8(10)6(5-7)3-4-11/h1-2,5H,3H2. The molecule has 0 saturated carbocycles. The van der Waals surface area contributed by atoms with Gasteiger partial charge in [0.1, 0.15) is 5.82 Å². The van der Waals surface area contributed by atoms with Crippen LogP contribution >= 0.6 is 10.7 Å². The third-order valence-electron chi connectivity index (χ3n) is 1.57. The van der Waals surface area contributed by atoms with Crippen LogP contribution in [0.5, 0.6) is 0 Å². The summed E-state index contributed by atoms with van der Waals surface area (Å²) in [6.45, 7) is 0. The Morgan fingerprint density at radius 2 is 2.14 bits per heavy atom. The van der Waals surface area contributed by atoms with E-state index < -0.39 is 14.9 Å². The van der Waals surface area contributed by atoms with Crippen molar-refractivity contribution in [2.75, 3.05) is 0 Å². The Morgan fingerprint density at radius 1 is 1.50 bits per heavy atom. The molecule has 0 aliphatic heterocycles. The highest BCUT2D eigenvalue weighted by molar-refractivity contribution is 8.13. The first-order valence-electron chi connectivity index (χ1n) is 3.55. The molecule has 0 aliphatic carbocycles. The summed E-state index contributed by atoms with van der Waals surface area (Å²) < 4.78 is 34.7. The highest BCUT2D eigenvalue weighted by Crippen LogP contribution is 2.18. The molecule has 14 heavy (non-hydrogen) atoms. The van der Waals surface area contributed by atoms with Gasteiger partial charge >= 0.3 is 0 Å². The van der Waals surface area contributed by atoms with Crippen molar-refractivity contribution < 1.29 is 12.8 Å². The second-order valence-electron chi connectivity index (χ2n) is 2.53. The van der Waals surface area contributed by atoms with Gasteiger partial charge in [-0.3, -0.25) is 0 Å². The SMILES string of the molecule is N#CCc1cc(S(=O)(=O)Cl)ccc1F. The van der Waals surface area contributed by atoms with Gasteiger partial charge in [-0.1, -0.05) is 0 Å². The molecule has 74 valence electrons. The summed E-state index contributed by atoms with van der Waals surface area (Å²) in [6.07, 6.45) is -0.188. The van der Waals surface area contributed by atoms with Crippen molar-refractivity contribution >= 4 is 19.7 Å². The number of nitrogens with zero attached hydrogens (tertiary/aromatic N) is 1. The largest absolute Gasteiger partial charge is 0.261 e. The molecule has 0 spiro atoms. The van der Waals surface area contributed by atoms with Crippen LogP contribution in [0.15, 0.2) is 23.1 Å². The van der Waals surface area contributed by atoms with E-state index in [9.17, 15) is 12.8 Å². The van der Waals surface area contributed by atoms with E-state index in [1.165, 1.54) is 0 Å². The molecule has 0 bridgehead atoms. The van der Waals surface area contributed by atoms with Gasteiger partial charge in [0.15, 0.2) is 0 Å². The first-order valence-corrected chi connectivity index (χ1v) is 5.86. The first-order chi connectivity index (χ1) is 6.45. The van der Waals surface area contributed by atoms with Gasteiger partial charge in [-0.2, -0.15) is 5.26 Å². The van der Waals surface area contributed by atoms with E-state index in [1.807, 2.05) is 0 Å². The van der Waals surface area contributed by atoms with E-state index in [2.05, 4.69) is 0 Å². The van der Waals surface area contributed by atoms with Crippen molar-refractivity contribution in [3.8, 4) is 6.07 Å². The highest BCUT2D eigenvalue weighted by atomic mass is 35.7. The van der Waals surface area contributed by atoms with Gasteiger partial charge in [-0.15, -0.1) is 0 Å². The maximum Gasteiger partial charge on any atom is 0.261 e. The van der Waals surface area contributed by atoms with Crippen LogP contribution in [0.2, 0.25) is 0 Å². The van der Waals surface area contributed by atoms with Crippen LogP contribution in [0, 0.1) is 17.1 Å². The number of nitriles is 1. The monoisotopic (exact) mass is 233 g/mol. The van der Waals surface area contributed by atoms with E-state index in [0.717, 1.165) is 18.2 Å². The molecule has 1 aromatic rings. The van der Waals surface area contributed by atoms with Gasteiger partial charge in [0, 0.05) is 16.2 Å². The quantitative estimate of drug-likeness (QED) is 0.732. The zero-order valence-electron chi connectivity index (χ0n) is 6.87. The molecule has 0 N–H and O–H groups in total. The van der Waals surface area contributed by atoms with E-state index >= 15 is 0 Å². The predicted octanol–water partition coefficient (Wildman–Crippen LogP) is 1.82. The van der Waals surface area contributed by atoms with E-state index in [0.29, 0.717) is 0 Å². The van der Waals surface area contributed by atoms with Crippen molar-refractivity contribution in [1.82, 2.24) is 0 Å². The van der Waals surface area contributed by atoms with Crippen LogP contribution in [0.3, 0.4) is 0 Å². The van der Waals surface area contributed by atoms with Gasteiger partial charge in [-0.25, -0.2) is 12.8 Å². The molecule has 0 heterocycles. The lowest BCUT2D eigenvalue weighted by Gasteiger charge is -2.00. The van der Waals surface area contributed by atoms with Crippen LogP contribution in [-0.2, 0) is 15.5 Å². The number of hydrogen-bond donors (Lipinski definition) is 0. The fourth-order valence-electron chi connectivity index (χ4n) is 0.923. The minimum absolute atomic E-state index is 0.0224. The van der Waals surface area contributed by atoms with Crippen LogP contribution in [0.1, 0.15) is 5.56 Å². The molecule has 0 radical (unpaired) electrons. The molecule has 0 aliphatic rings. The average Bonchev–Trinajstić information content (AvgIpc) is 2.07. The van der Waals surface area contributed by atoms with Crippen molar-refractivity contribution in [1.29, 1.82) is 5.26 Å². The van der Waals surface area contributed by atoms with E-state index in [4.69, 9.17) is 15.9 Å². The number of benzene rings is 1. The van der Waals surface area contributed by atoms with E-state index in [-0.39, 0.29) is 16.9 Å². The molecule has 6 heteroatoms. The predicted molar refractivity (Wildman–Crippen MR) is 48.8 cm³/mol. The van der Waals surface area contributed by atoms with Crippen LogP contribution in [0.4, 0.5) is 4.39 Å². The number of hydrogen-bond acceptors (Lipinski definition) is 3. The maximum atomic E-state index is 13.0. The molecular weight excluding hydrogens is 229 g/mol. The summed E-state index contributed by atoms with van der Waals surface area (Å²) in [7, 11) is 1.19. The van der Waals surface area contributed by atoms with E-state index in [1.54, 1.807) is 6.07 Å². The first kappa shape index (κ1) is 11.0. The number of halogens is 2. The maximum absolute atomic E-state index is 13.0. The molecule has 0 unspecified atom stereocenters. The second kappa shape index (κ2) is 3.95. The second-order valence-corrected chi connectivity index (χ2v) is 5.09. The van der Waals surface area contributed by atoms with Gasteiger partial charge < -0.3 is 0 Å². The average molecular weight is 234 g/mol. The van der Waals surface area contributed by atoms with Gasteiger partial charge in [-0.05, 0) is 18.2 Å². The lowest BCUT2D eigenvalue weighted by Crippen LogP contribution is -1.95. The molecule has 1 aromatic carbocycles. The van der Waals surface area contributed by atoms with Gasteiger partial charge in [0.05, 0.1) is 17.4 Å². The van der Waals surface area contributed by atoms with Crippen molar-refractivity contribution in [3.05, 3.63) is 29.6 Å². The lowest BCUT2D eigenvalue weighted by molar-refractivity contribution is 0.604. The fourth-order valence-corrected chi connectivity index (χ4v) is 1.72. The Balaban J connectivity index is 3.28. The molecule has 1 rings (SSSR count). The molecule has 0 fully saturated rings. The lowest BCUT2D eigenvalue weighted by atomic mass is 10.1. The molecule has 0 saturated heterocycles. The fraction of sp³-hybridized carbons (Fsp3) is 0.125. The molecular formula is C8H5ClFNO2S. The summed E-state index contributed by atoms with van der Waals surface area (Å²) in [5, 5.41) is 8.34. The summed E-state index contributed by atoms with van der Waals surface area (Å²) in [5.74, 6) is -0.615. The minimum Gasteiger partial charge on any atom is -0.207 e. The third kappa shape index (κ3) is 2.44. The van der Waals surface area contributed by atoms with Crippen molar-refractivity contribution in [2.45, 2.75) is 11.3 Å². The minimum atomic E-state index is -3.86. The van der Waals surface area contributed by atoms with Gasteiger partial charge in [0.25, 0.3) is 9.05 Å². The topological polar surface area (TPSA) is 57.9 Å². The van der Waals surface area contributed by atoms with Crippen molar-refractivity contribution in [3.63, 3.8) is 0 Å². The molecule has 0 aromatic heterocycles. The third-order valence-corrected chi connectivity index (χ3v) is 2.92. The number of rotatable bonds is 2. The molecule has 0 amide bonds. The zero-order valence-corrected chi connectivity index (χ0v) is 8.44. The summed E-state index contributed by atoms with van der Waals surface area (Å²) in [5.41, 5.74) is 0.0224. The van der Waals surface area contributed by atoms with Gasteiger partial charge in [0.2, 0.25) is 0 Å². The Labute approximate surface area is 85.2 Å². The smallest absolute Gasteiger partial charge is 0.207 e. The Hall–Kier alpha value is -1.12. The Kier molecular flexibility index (Phi) is 3.09. The molecule has 0 atom stereocenters. The molecule has 3 nitrogen and oxygen atoms in total. The van der Waals surface area contributed by atoms with Crippen molar-refractivity contribution in [2.24, 2.45) is 0 Å². The summed E-state index contributed by atoms with van der Waals surface area (Å²) in [4.78, 5) is -0.203. The normalized spacial score (nSPS) is 10.9. The Bertz CT molecular complexity index is 493. The van der Waals surface area contributed by atoms with Crippen LogP contribution in [-0.4, -0.2) is 8.42 Å². The zero-order chi connectivity index (χ0) is 10.8. The highest BCUT2D eigenvalue weighted by Gasteiger charge is 2.12. The summed E-state index contributed by atoms with van der Waals surface area (Å²) in [6, 6.07) is 4.81. The Morgan fingerprint density at radius 3 is 2.64 bits per heavy atom. The van der Waals surface area contributed by atoms with Crippen LogP contribution in [0.25, 0.3) is 0 Å². The van der Waals surface area contributed by atoms with Crippen LogP contribution < -0.4 is 0 Å².